The maximum atomic E-state index is 13.2. The first-order valence-corrected chi connectivity index (χ1v) is 12.2. The maximum Gasteiger partial charge on any atom is 0.338 e. The molecule has 0 aliphatic heterocycles. The standard InChI is InChI=1S/C23H23FN2O8S/c1-4-9-32-25-21(22-13-20(26-33-22)15-5-7-17(24)8-6-15)14-31-18-10-16(23(27)30-2)11-19(12-18)34-35(3,28)29/h5-8,10-13H,4,9,14H2,1-3H3. The molecule has 0 spiro atoms. The van der Waals surface area contributed by atoms with Crippen molar-refractivity contribution in [2.45, 2.75) is 13.3 Å². The van der Waals surface area contributed by atoms with Gasteiger partial charge in [-0.25, -0.2) is 9.18 Å². The fourth-order valence-electron chi connectivity index (χ4n) is 2.79. The molecule has 186 valence electrons. The zero-order valence-electron chi connectivity index (χ0n) is 19.2. The SMILES string of the molecule is CCCON=C(COc1cc(OS(C)(=O)=O)cc(C(=O)OC)c1)c1cc(-c2ccc(F)cc2)no1. The molecule has 0 atom stereocenters. The Morgan fingerprint density at radius 1 is 1.11 bits per heavy atom. The molecule has 0 aliphatic carbocycles. The molecule has 12 heteroatoms. The van der Waals surface area contributed by atoms with Crippen molar-refractivity contribution in [3.8, 4) is 22.8 Å². The number of methoxy groups -OCH3 is 1. The van der Waals surface area contributed by atoms with Crippen LogP contribution in [0.2, 0.25) is 0 Å². The maximum absolute atomic E-state index is 13.2. The summed E-state index contributed by atoms with van der Waals surface area (Å²) in [5.41, 5.74) is 1.32. The fraction of sp³-hybridized carbons (Fsp3) is 0.261. The first kappa shape index (κ1) is 25.7. The highest BCUT2D eigenvalue weighted by Crippen LogP contribution is 2.25. The highest BCUT2D eigenvalue weighted by molar-refractivity contribution is 7.86. The summed E-state index contributed by atoms with van der Waals surface area (Å²) in [7, 11) is -2.67. The van der Waals surface area contributed by atoms with Crippen molar-refractivity contribution in [3.05, 3.63) is 65.7 Å². The van der Waals surface area contributed by atoms with E-state index in [2.05, 4.69) is 10.3 Å². The van der Waals surface area contributed by atoms with E-state index in [1.54, 1.807) is 18.2 Å². The lowest BCUT2D eigenvalue weighted by atomic mass is 10.1. The molecule has 0 saturated carbocycles. The van der Waals surface area contributed by atoms with Gasteiger partial charge in [-0.15, -0.1) is 0 Å². The summed E-state index contributed by atoms with van der Waals surface area (Å²) in [6.45, 7) is 2.06. The summed E-state index contributed by atoms with van der Waals surface area (Å²) in [5.74, 6) is -0.891. The molecule has 0 unspecified atom stereocenters. The summed E-state index contributed by atoms with van der Waals surface area (Å²) in [5, 5.41) is 8.04. The van der Waals surface area contributed by atoms with Crippen LogP contribution in [0.3, 0.4) is 0 Å². The lowest BCUT2D eigenvalue weighted by Gasteiger charge is -2.11. The second-order valence-electron chi connectivity index (χ2n) is 7.22. The molecule has 0 aliphatic rings. The number of rotatable bonds is 11. The monoisotopic (exact) mass is 506 g/mol. The van der Waals surface area contributed by atoms with Crippen molar-refractivity contribution in [3.63, 3.8) is 0 Å². The Kier molecular flexibility index (Phi) is 8.42. The fourth-order valence-corrected chi connectivity index (χ4v) is 3.24. The largest absolute Gasteiger partial charge is 0.487 e. The quantitative estimate of drug-likeness (QED) is 0.125. The molecule has 0 fully saturated rings. The van der Waals surface area contributed by atoms with E-state index < -0.39 is 16.1 Å². The van der Waals surface area contributed by atoms with Crippen LogP contribution in [0.15, 0.2) is 58.2 Å². The minimum atomic E-state index is -3.86. The Morgan fingerprint density at radius 2 is 1.83 bits per heavy atom. The first-order chi connectivity index (χ1) is 16.7. The molecule has 35 heavy (non-hydrogen) atoms. The number of aromatic nitrogens is 1. The van der Waals surface area contributed by atoms with Gasteiger partial charge in [0.2, 0.25) is 0 Å². The highest BCUT2D eigenvalue weighted by atomic mass is 32.2. The number of carbonyl (C=O) groups is 1. The lowest BCUT2D eigenvalue weighted by molar-refractivity contribution is 0.0600. The van der Waals surface area contributed by atoms with Crippen LogP contribution in [0.1, 0.15) is 29.5 Å². The van der Waals surface area contributed by atoms with Gasteiger partial charge in [-0.3, -0.25) is 0 Å². The van der Waals surface area contributed by atoms with Crippen LogP contribution in [0.4, 0.5) is 4.39 Å². The zero-order valence-corrected chi connectivity index (χ0v) is 20.0. The molecule has 3 aromatic rings. The third-order valence-corrected chi connectivity index (χ3v) is 4.82. The average Bonchev–Trinajstić information content (AvgIpc) is 3.30. The molecule has 0 saturated heterocycles. The second kappa shape index (κ2) is 11.5. The number of halogens is 1. The molecule has 1 aromatic heterocycles. The van der Waals surface area contributed by atoms with Crippen LogP contribution in [0.25, 0.3) is 11.3 Å². The van der Waals surface area contributed by atoms with Crippen LogP contribution in [0.5, 0.6) is 11.5 Å². The molecular weight excluding hydrogens is 483 g/mol. The molecule has 3 rings (SSSR count). The summed E-state index contributed by atoms with van der Waals surface area (Å²) in [4.78, 5) is 17.3. The number of nitrogens with zero attached hydrogens (tertiary/aromatic N) is 2. The lowest BCUT2D eigenvalue weighted by Crippen LogP contribution is -2.14. The van der Waals surface area contributed by atoms with Gasteiger partial charge in [0.1, 0.15) is 36.2 Å². The highest BCUT2D eigenvalue weighted by Gasteiger charge is 2.17. The van der Waals surface area contributed by atoms with Gasteiger partial charge in [0, 0.05) is 17.7 Å². The minimum Gasteiger partial charge on any atom is -0.487 e. The normalized spacial score (nSPS) is 11.7. The van der Waals surface area contributed by atoms with Gasteiger partial charge in [0.05, 0.1) is 18.9 Å². The predicted molar refractivity (Wildman–Crippen MR) is 123 cm³/mol. The summed E-state index contributed by atoms with van der Waals surface area (Å²) < 4.78 is 57.0. The third-order valence-electron chi connectivity index (χ3n) is 4.33. The van der Waals surface area contributed by atoms with E-state index in [1.165, 1.54) is 37.4 Å². The van der Waals surface area contributed by atoms with Crippen molar-refractivity contribution in [1.82, 2.24) is 5.16 Å². The van der Waals surface area contributed by atoms with E-state index in [4.69, 9.17) is 23.0 Å². The van der Waals surface area contributed by atoms with Crippen molar-refractivity contribution in [2.75, 3.05) is 26.6 Å². The molecule has 1 heterocycles. The predicted octanol–water partition coefficient (Wildman–Crippen LogP) is 3.82. The average molecular weight is 507 g/mol. The summed E-state index contributed by atoms with van der Waals surface area (Å²) >= 11 is 0. The van der Waals surface area contributed by atoms with Gasteiger partial charge in [0.25, 0.3) is 0 Å². The number of esters is 1. The summed E-state index contributed by atoms with van der Waals surface area (Å²) in [6.07, 6.45) is 1.58. The van der Waals surface area contributed by atoms with Crippen molar-refractivity contribution in [2.24, 2.45) is 5.16 Å². The molecule has 0 radical (unpaired) electrons. The van der Waals surface area contributed by atoms with E-state index in [0.717, 1.165) is 6.26 Å². The summed E-state index contributed by atoms with van der Waals surface area (Å²) in [6, 6.07) is 11.2. The third kappa shape index (κ3) is 7.54. The second-order valence-corrected chi connectivity index (χ2v) is 8.79. The Balaban J connectivity index is 1.87. The molecular formula is C23H23FN2O8S. The van der Waals surface area contributed by atoms with Gasteiger partial charge in [-0.05, 0) is 42.8 Å². The van der Waals surface area contributed by atoms with Crippen LogP contribution >= 0.6 is 0 Å². The van der Waals surface area contributed by atoms with Crippen molar-refractivity contribution in [1.29, 1.82) is 0 Å². The topological polar surface area (TPSA) is 127 Å². The van der Waals surface area contributed by atoms with E-state index in [9.17, 15) is 17.6 Å². The van der Waals surface area contributed by atoms with Crippen LogP contribution < -0.4 is 8.92 Å². The molecule has 10 nitrogen and oxygen atoms in total. The van der Waals surface area contributed by atoms with Crippen molar-refractivity contribution < 1.29 is 40.6 Å². The number of carbonyl (C=O) groups excluding carboxylic acids is 1. The van der Waals surface area contributed by atoms with E-state index in [1.807, 2.05) is 6.92 Å². The van der Waals surface area contributed by atoms with Gasteiger partial charge in [-0.1, -0.05) is 17.2 Å². The first-order valence-electron chi connectivity index (χ1n) is 10.4. The Bertz CT molecular complexity index is 1300. The number of hydrogen-bond acceptors (Lipinski definition) is 10. The molecule has 2 aromatic carbocycles. The van der Waals surface area contributed by atoms with Gasteiger partial charge in [-0.2, -0.15) is 8.42 Å². The van der Waals surface area contributed by atoms with Gasteiger partial charge >= 0.3 is 16.1 Å². The molecule has 0 amide bonds. The number of ether oxygens (including phenoxy) is 2. The Labute approximate surface area is 201 Å². The zero-order chi connectivity index (χ0) is 25.4. The van der Waals surface area contributed by atoms with Gasteiger partial charge < -0.3 is 23.0 Å². The minimum absolute atomic E-state index is 0.0163. The van der Waals surface area contributed by atoms with Crippen LogP contribution in [0, 0.1) is 5.82 Å². The van der Waals surface area contributed by atoms with E-state index in [-0.39, 0.29) is 41.0 Å². The molecule has 0 N–H and O–H groups in total. The van der Waals surface area contributed by atoms with E-state index in [0.29, 0.717) is 24.3 Å². The van der Waals surface area contributed by atoms with Crippen LogP contribution in [-0.2, 0) is 19.7 Å². The van der Waals surface area contributed by atoms with Gasteiger partial charge in [0.15, 0.2) is 11.5 Å². The smallest absolute Gasteiger partial charge is 0.338 e. The number of hydrogen-bond donors (Lipinski definition) is 0. The van der Waals surface area contributed by atoms with Crippen LogP contribution in [-0.4, -0.2) is 51.8 Å². The number of benzene rings is 2. The molecule has 0 bridgehead atoms. The number of oxime groups is 1. The Hall–Kier alpha value is -3.93. The van der Waals surface area contributed by atoms with Crippen molar-refractivity contribution >= 4 is 21.8 Å². The van der Waals surface area contributed by atoms with E-state index >= 15 is 0 Å². The Morgan fingerprint density at radius 3 is 2.49 bits per heavy atom.